The molecule has 0 aromatic heterocycles. The summed E-state index contributed by atoms with van der Waals surface area (Å²) in [5.41, 5.74) is 2.21. The van der Waals surface area contributed by atoms with E-state index in [0.29, 0.717) is 0 Å². The topological polar surface area (TPSA) is 38.7 Å². The number of hydrogen-bond acceptors (Lipinski definition) is 3. The number of fused-ring (bicyclic) bond motifs is 2. The number of aliphatic hydroxyl groups is 1. The van der Waals surface area contributed by atoms with Crippen LogP contribution in [0.25, 0.3) is 0 Å². The van der Waals surface area contributed by atoms with Crippen molar-refractivity contribution in [1.82, 2.24) is 0 Å². The summed E-state index contributed by atoms with van der Waals surface area (Å²) in [6, 6.07) is 15.8. The SMILES string of the molecule is OC1COc2ccccc2Cc2ccccc2OC1. The third-order valence-electron chi connectivity index (χ3n) is 3.19. The van der Waals surface area contributed by atoms with Crippen LogP contribution >= 0.6 is 0 Å². The van der Waals surface area contributed by atoms with Crippen LogP contribution in [0.5, 0.6) is 11.5 Å². The van der Waals surface area contributed by atoms with Gasteiger partial charge in [0.25, 0.3) is 0 Å². The Kier molecular flexibility index (Phi) is 3.38. The zero-order chi connectivity index (χ0) is 13.1. The molecule has 2 aromatic rings. The maximum Gasteiger partial charge on any atom is 0.122 e. The smallest absolute Gasteiger partial charge is 0.122 e. The van der Waals surface area contributed by atoms with Crippen LogP contribution in [0.2, 0.25) is 0 Å². The molecule has 1 N–H and O–H groups in total. The molecule has 0 aliphatic carbocycles. The lowest BCUT2D eigenvalue weighted by atomic mass is 10.0. The van der Waals surface area contributed by atoms with E-state index in [9.17, 15) is 5.11 Å². The fourth-order valence-corrected chi connectivity index (χ4v) is 2.21. The Morgan fingerprint density at radius 3 is 1.79 bits per heavy atom. The van der Waals surface area contributed by atoms with E-state index >= 15 is 0 Å². The average Bonchev–Trinajstić information content (AvgIpc) is 2.45. The minimum absolute atomic E-state index is 0.249. The number of aliphatic hydroxyl groups excluding tert-OH is 1. The standard InChI is InChI=1S/C16H16O3/c17-14-10-18-15-7-3-1-5-12(15)9-13-6-2-4-8-16(13)19-11-14/h1-8,14,17H,9-11H2. The number of ether oxygens (including phenoxy) is 2. The first-order chi connectivity index (χ1) is 9.33. The third kappa shape index (κ3) is 2.71. The van der Waals surface area contributed by atoms with Crippen molar-refractivity contribution >= 4 is 0 Å². The van der Waals surface area contributed by atoms with Crippen molar-refractivity contribution in [2.24, 2.45) is 0 Å². The third-order valence-corrected chi connectivity index (χ3v) is 3.19. The molecule has 0 spiro atoms. The van der Waals surface area contributed by atoms with Gasteiger partial charge < -0.3 is 14.6 Å². The number of para-hydroxylation sites is 2. The molecule has 2 aromatic carbocycles. The van der Waals surface area contributed by atoms with E-state index in [1.165, 1.54) is 0 Å². The maximum absolute atomic E-state index is 9.83. The van der Waals surface area contributed by atoms with E-state index in [1.54, 1.807) is 0 Å². The molecule has 0 atom stereocenters. The Morgan fingerprint density at radius 1 is 0.789 bits per heavy atom. The highest BCUT2D eigenvalue weighted by molar-refractivity contribution is 5.42. The predicted molar refractivity (Wildman–Crippen MR) is 72.7 cm³/mol. The Labute approximate surface area is 112 Å². The zero-order valence-corrected chi connectivity index (χ0v) is 10.6. The first-order valence-corrected chi connectivity index (χ1v) is 6.42. The summed E-state index contributed by atoms with van der Waals surface area (Å²) in [5, 5.41) is 9.83. The predicted octanol–water partition coefficient (Wildman–Crippen LogP) is 2.41. The molecular formula is C16H16O3. The zero-order valence-electron chi connectivity index (χ0n) is 10.6. The normalized spacial score (nSPS) is 15.6. The highest BCUT2D eigenvalue weighted by Gasteiger charge is 2.14. The van der Waals surface area contributed by atoms with Crippen molar-refractivity contribution in [3.8, 4) is 11.5 Å². The van der Waals surface area contributed by atoms with Gasteiger partial charge in [0.1, 0.15) is 30.8 Å². The summed E-state index contributed by atoms with van der Waals surface area (Å²) in [4.78, 5) is 0. The summed E-state index contributed by atoms with van der Waals surface area (Å²) in [6.45, 7) is 0.498. The Bertz CT molecular complexity index is 516. The minimum Gasteiger partial charge on any atom is -0.490 e. The Balaban J connectivity index is 2.01. The number of rotatable bonds is 0. The molecule has 3 heteroatoms. The molecule has 0 saturated carbocycles. The molecular weight excluding hydrogens is 240 g/mol. The number of hydrogen-bond donors (Lipinski definition) is 1. The van der Waals surface area contributed by atoms with Crippen molar-refractivity contribution < 1.29 is 14.6 Å². The average molecular weight is 256 g/mol. The van der Waals surface area contributed by atoms with Crippen molar-refractivity contribution in [3.05, 3.63) is 59.7 Å². The molecule has 1 heterocycles. The monoisotopic (exact) mass is 256 g/mol. The van der Waals surface area contributed by atoms with Gasteiger partial charge >= 0.3 is 0 Å². The van der Waals surface area contributed by atoms with Gasteiger partial charge in [-0.3, -0.25) is 0 Å². The van der Waals surface area contributed by atoms with Gasteiger partial charge in [-0.25, -0.2) is 0 Å². The van der Waals surface area contributed by atoms with Gasteiger partial charge in [0.2, 0.25) is 0 Å². The maximum atomic E-state index is 9.83. The van der Waals surface area contributed by atoms with E-state index in [0.717, 1.165) is 29.0 Å². The van der Waals surface area contributed by atoms with Crippen LogP contribution < -0.4 is 9.47 Å². The summed E-state index contributed by atoms with van der Waals surface area (Å²) >= 11 is 0. The summed E-state index contributed by atoms with van der Waals surface area (Å²) in [7, 11) is 0. The Hall–Kier alpha value is -2.00. The first-order valence-electron chi connectivity index (χ1n) is 6.42. The van der Waals surface area contributed by atoms with Gasteiger partial charge in [-0.15, -0.1) is 0 Å². The molecule has 98 valence electrons. The van der Waals surface area contributed by atoms with Crippen LogP contribution in [0.15, 0.2) is 48.5 Å². The molecule has 0 bridgehead atoms. The van der Waals surface area contributed by atoms with Crippen molar-refractivity contribution in [3.63, 3.8) is 0 Å². The molecule has 1 aliphatic heterocycles. The van der Waals surface area contributed by atoms with Crippen LogP contribution in [0.3, 0.4) is 0 Å². The van der Waals surface area contributed by atoms with Crippen molar-refractivity contribution in [1.29, 1.82) is 0 Å². The van der Waals surface area contributed by atoms with Gasteiger partial charge in [-0.1, -0.05) is 36.4 Å². The second-order valence-corrected chi connectivity index (χ2v) is 4.67. The minimum atomic E-state index is -0.626. The molecule has 0 unspecified atom stereocenters. The van der Waals surface area contributed by atoms with Crippen LogP contribution in [-0.2, 0) is 6.42 Å². The molecule has 0 amide bonds. The first kappa shape index (κ1) is 12.1. The number of benzene rings is 2. The second-order valence-electron chi connectivity index (χ2n) is 4.67. The largest absolute Gasteiger partial charge is 0.490 e. The van der Waals surface area contributed by atoms with E-state index in [-0.39, 0.29) is 13.2 Å². The van der Waals surface area contributed by atoms with Gasteiger partial charge in [-0.05, 0) is 23.3 Å². The molecule has 0 saturated heterocycles. The fraction of sp³-hybridized carbons (Fsp3) is 0.250. The quantitative estimate of drug-likeness (QED) is 0.786. The van der Waals surface area contributed by atoms with Crippen LogP contribution in [0.4, 0.5) is 0 Å². The molecule has 0 fully saturated rings. The van der Waals surface area contributed by atoms with Gasteiger partial charge in [0, 0.05) is 6.42 Å². The van der Waals surface area contributed by atoms with Gasteiger partial charge in [0.05, 0.1) is 0 Å². The molecule has 3 nitrogen and oxygen atoms in total. The lowest BCUT2D eigenvalue weighted by Gasteiger charge is -2.20. The Morgan fingerprint density at radius 2 is 1.26 bits per heavy atom. The van der Waals surface area contributed by atoms with Gasteiger partial charge in [-0.2, -0.15) is 0 Å². The summed E-state index contributed by atoms with van der Waals surface area (Å²) < 4.78 is 11.3. The molecule has 19 heavy (non-hydrogen) atoms. The van der Waals surface area contributed by atoms with Gasteiger partial charge in [0.15, 0.2) is 0 Å². The van der Waals surface area contributed by atoms with E-state index < -0.39 is 6.10 Å². The van der Waals surface area contributed by atoms with Crippen molar-refractivity contribution in [2.75, 3.05) is 13.2 Å². The van der Waals surface area contributed by atoms with Crippen LogP contribution in [0.1, 0.15) is 11.1 Å². The van der Waals surface area contributed by atoms with Crippen LogP contribution in [0, 0.1) is 0 Å². The van der Waals surface area contributed by atoms with E-state index in [1.807, 2.05) is 48.5 Å². The highest BCUT2D eigenvalue weighted by atomic mass is 16.5. The fourth-order valence-electron chi connectivity index (χ4n) is 2.21. The van der Waals surface area contributed by atoms with Crippen molar-refractivity contribution in [2.45, 2.75) is 12.5 Å². The molecule has 0 radical (unpaired) electrons. The lowest BCUT2D eigenvalue weighted by molar-refractivity contribution is 0.0612. The summed E-state index contributed by atoms with van der Waals surface area (Å²) in [5.74, 6) is 1.66. The summed E-state index contributed by atoms with van der Waals surface area (Å²) in [6.07, 6.45) is 0.141. The molecule has 3 rings (SSSR count). The lowest BCUT2D eigenvalue weighted by Crippen LogP contribution is -2.26. The van der Waals surface area contributed by atoms with E-state index in [2.05, 4.69) is 0 Å². The molecule has 1 aliphatic rings. The van der Waals surface area contributed by atoms with Crippen LogP contribution in [-0.4, -0.2) is 24.4 Å². The van der Waals surface area contributed by atoms with E-state index in [4.69, 9.17) is 9.47 Å². The second kappa shape index (κ2) is 5.33. The highest BCUT2D eigenvalue weighted by Crippen LogP contribution is 2.27.